The third-order valence-electron chi connectivity index (χ3n) is 4.45. The molecule has 3 rings (SSSR count). The maximum atomic E-state index is 13.9. The third kappa shape index (κ3) is 6.99. The van der Waals surface area contributed by atoms with Gasteiger partial charge in [-0.2, -0.15) is 4.37 Å². The zero-order valence-electron chi connectivity index (χ0n) is 17.7. The second-order valence-corrected chi connectivity index (χ2v) is 8.13. The van der Waals surface area contributed by atoms with Crippen molar-refractivity contribution in [2.24, 2.45) is 5.73 Å². The van der Waals surface area contributed by atoms with Gasteiger partial charge in [-0.25, -0.2) is 18.6 Å². The van der Waals surface area contributed by atoms with Crippen molar-refractivity contribution in [2.45, 2.75) is 19.4 Å². The number of benzene rings is 1. The number of halogens is 3. The SMILES string of the molecule is NC(=O)c1c(OCc2c(F)cc(Cl)cc2F)nsc1NC(=O)NCCCCNc1ccccn1. The van der Waals surface area contributed by atoms with Crippen molar-refractivity contribution in [1.29, 1.82) is 0 Å². The Morgan fingerprint density at radius 2 is 1.88 bits per heavy atom. The number of nitrogens with one attached hydrogen (secondary N) is 3. The molecule has 0 fully saturated rings. The third-order valence-corrected chi connectivity index (χ3v) is 5.42. The van der Waals surface area contributed by atoms with Gasteiger partial charge in [-0.15, -0.1) is 0 Å². The Kier molecular flexibility index (Phi) is 8.93. The molecule has 34 heavy (non-hydrogen) atoms. The Balaban J connectivity index is 1.49. The molecule has 0 bridgehead atoms. The first-order valence-corrected chi connectivity index (χ1v) is 11.3. The maximum absolute atomic E-state index is 13.9. The summed E-state index contributed by atoms with van der Waals surface area (Å²) < 4.78 is 37.1. The normalized spacial score (nSPS) is 10.6. The minimum Gasteiger partial charge on any atom is -0.471 e. The fraction of sp³-hybridized carbons (Fsp3) is 0.238. The number of unbranched alkanes of at least 4 members (excludes halogenated alkanes) is 1. The van der Waals surface area contributed by atoms with Crippen molar-refractivity contribution in [3.8, 4) is 5.88 Å². The van der Waals surface area contributed by atoms with E-state index in [0.717, 1.165) is 35.9 Å². The molecule has 180 valence electrons. The van der Waals surface area contributed by atoms with Crippen LogP contribution in [0.15, 0.2) is 36.5 Å². The number of anilines is 2. The molecule has 2 aromatic heterocycles. The van der Waals surface area contributed by atoms with Crippen molar-refractivity contribution >= 4 is 45.9 Å². The van der Waals surface area contributed by atoms with E-state index < -0.39 is 35.7 Å². The van der Waals surface area contributed by atoms with Gasteiger partial charge in [0.2, 0.25) is 5.88 Å². The maximum Gasteiger partial charge on any atom is 0.319 e. The lowest BCUT2D eigenvalue weighted by Gasteiger charge is -2.09. The smallest absolute Gasteiger partial charge is 0.319 e. The quantitative estimate of drug-likeness (QED) is 0.286. The molecule has 0 atom stereocenters. The average molecular weight is 511 g/mol. The first kappa shape index (κ1) is 25.1. The van der Waals surface area contributed by atoms with E-state index in [9.17, 15) is 18.4 Å². The van der Waals surface area contributed by atoms with Crippen LogP contribution in [-0.4, -0.2) is 34.4 Å². The van der Waals surface area contributed by atoms with Crippen molar-refractivity contribution in [1.82, 2.24) is 14.7 Å². The molecule has 0 spiro atoms. The standard InChI is InChI=1S/C21H21ClF2N6O3S/c22-12-9-14(23)13(15(24)10-12)11-33-19-17(18(25)31)20(34-30-19)29-21(32)28-8-4-3-7-27-16-5-1-2-6-26-16/h1-2,5-6,9-10H,3-4,7-8,11H2,(H2,25,31)(H,26,27)(H2,28,29,32). The molecule has 0 saturated heterocycles. The lowest BCUT2D eigenvalue weighted by molar-refractivity contribution is 0.0996. The van der Waals surface area contributed by atoms with Gasteiger partial charge in [-0.1, -0.05) is 17.7 Å². The summed E-state index contributed by atoms with van der Waals surface area (Å²) in [4.78, 5) is 28.2. The molecule has 1 aromatic carbocycles. The number of rotatable bonds is 11. The molecule has 0 unspecified atom stereocenters. The highest BCUT2D eigenvalue weighted by Crippen LogP contribution is 2.31. The number of nitrogens with two attached hydrogens (primary N) is 1. The van der Waals surface area contributed by atoms with Gasteiger partial charge in [-0.3, -0.25) is 10.1 Å². The monoisotopic (exact) mass is 510 g/mol. The van der Waals surface area contributed by atoms with Gasteiger partial charge in [0.15, 0.2) is 0 Å². The van der Waals surface area contributed by atoms with Crippen LogP contribution in [0.3, 0.4) is 0 Å². The Morgan fingerprint density at radius 1 is 1.15 bits per heavy atom. The number of urea groups is 1. The Bertz CT molecular complexity index is 1130. The van der Waals surface area contributed by atoms with Gasteiger partial charge in [-0.05, 0) is 48.6 Å². The summed E-state index contributed by atoms with van der Waals surface area (Å²) in [6, 6.07) is 6.87. The summed E-state index contributed by atoms with van der Waals surface area (Å²) in [5.74, 6) is -2.21. The number of ether oxygens (including phenoxy) is 1. The van der Waals surface area contributed by atoms with Crippen molar-refractivity contribution in [3.63, 3.8) is 0 Å². The number of carbonyl (C=O) groups excluding carboxylic acids is 2. The predicted molar refractivity (Wildman–Crippen MR) is 125 cm³/mol. The molecule has 0 aliphatic carbocycles. The van der Waals surface area contributed by atoms with Gasteiger partial charge < -0.3 is 21.1 Å². The second kappa shape index (κ2) is 12.1. The topological polar surface area (TPSA) is 131 Å². The lowest BCUT2D eigenvalue weighted by atomic mass is 10.2. The van der Waals surface area contributed by atoms with E-state index in [4.69, 9.17) is 22.1 Å². The van der Waals surface area contributed by atoms with Crippen LogP contribution in [0.1, 0.15) is 28.8 Å². The van der Waals surface area contributed by atoms with Crippen LogP contribution in [-0.2, 0) is 6.61 Å². The largest absolute Gasteiger partial charge is 0.471 e. The van der Waals surface area contributed by atoms with Crippen LogP contribution in [0, 0.1) is 11.6 Å². The fourth-order valence-corrected chi connectivity index (χ4v) is 3.74. The van der Waals surface area contributed by atoms with Gasteiger partial charge >= 0.3 is 6.03 Å². The van der Waals surface area contributed by atoms with Crippen molar-refractivity contribution in [3.05, 3.63) is 64.3 Å². The summed E-state index contributed by atoms with van der Waals surface area (Å²) in [5, 5.41) is 8.26. The van der Waals surface area contributed by atoms with Crippen LogP contribution in [0.4, 0.5) is 24.4 Å². The molecule has 0 radical (unpaired) electrons. The van der Waals surface area contributed by atoms with Crippen LogP contribution < -0.4 is 26.4 Å². The summed E-state index contributed by atoms with van der Waals surface area (Å²) in [6.07, 6.45) is 3.18. The number of aromatic nitrogens is 2. The fourth-order valence-electron chi connectivity index (χ4n) is 2.81. The summed E-state index contributed by atoms with van der Waals surface area (Å²) in [5.41, 5.74) is 4.79. The number of nitrogens with zero attached hydrogens (tertiary/aromatic N) is 2. The highest BCUT2D eigenvalue weighted by molar-refractivity contribution is 7.11. The van der Waals surface area contributed by atoms with Crippen molar-refractivity contribution in [2.75, 3.05) is 23.7 Å². The molecule has 13 heteroatoms. The van der Waals surface area contributed by atoms with E-state index in [-0.39, 0.29) is 21.5 Å². The van der Waals surface area contributed by atoms with Crippen LogP contribution >= 0.6 is 23.1 Å². The predicted octanol–water partition coefficient (Wildman–Crippen LogP) is 4.16. The molecule has 0 aliphatic heterocycles. The molecule has 0 aliphatic rings. The number of primary amides is 1. The minimum atomic E-state index is -0.920. The summed E-state index contributed by atoms with van der Waals surface area (Å²) in [7, 11) is 0. The van der Waals surface area contributed by atoms with Gasteiger partial charge in [0.25, 0.3) is 5.91 Å². The van der Waals surface area contributed by atoms with Gasteiger partial charge in [0.05, 0.1) is 5.56 Å². The molecule has 0 saturated carbocycles. The Labute approximate surface area is 202 Å². The second-order valence-electron chi connectivity index (χ2n) is 6.92. The molecule has 3 amide bonds. The zero-order valence-corrected chi connectivity index (χ0v) is 19.3. The number of pyridine rings is 1. The van der Waals surface area contributed by atoms with E-state index in [1.807, 2.05) is 18.2 Å². The Morgan fingerprint density at radius 3 is 2.56 bits per heavy atom. The van der Waals surface area contributed by atoms with Gasteiger partial charge in [0, 0.05) is 24.3 Å². The molecule has 9 nitrogen and oxygen atoms in total. The van der Waals surface area contributed by atoms with E-state index in [1.54, 1.807) is 6.20 Å². The summed E-state index contributed by atoms with van der Waals surface area (Å²) >= 11 is 6.35. The van der Waals surface area contributed by atoms with E-state index >= 15 is 0 Å². The molecule has 2 heterocycles. The minimum absolute atomic E-state index is 0.0499. The number of hydrogen-bond donors (Lipinski definition) is 4. The number of amides is 3. The molecule has 5 N–H and O–H groups in total. The van der Waals surface area contributed by atoms with Crippen LogP contribution in [0.25, 0.3) is 0 Å². The summed E-state index contributed by atoms with van der Waals surface area (Å²) in [6.45, 7) is 0.520. The van der Waals surface area contributed by atoms with E-state index in [2.05, 4.69) is 25.3 Å². The first-order valence-electron chi connectivity index (χ1n) is 10.1. The average Bonchev–Trinajstić information content (AvgIpc) is 3.18. The van der Waals surface area contributed by atoms with Gasteiger partial charge in [0.1, 0.15) is 34.6 Å². The van der Waals surface area contributed by atoms with E-state index in [1.165, 1.54) is 0 Å². The molecular weight excluding hydrogens is 490 g/mol. The highest BCUT2D eigenvalue weighted by Gasteiger charge is 2.23. The number of carbonyl (C=O) groups is 2. The first-order chi connectivity index (χ1) is 16.3. The molecule has 3 aromatic rings. The zero-order chi connectivity index (χ0) is 24.5. The highest BCUT2D eigenvalue weighted by atomic mass is 35.5. The Hall–Kier alpha value is -3.51. The molecular formula is C21H21ClF2N6O3S. The van der Waals surface area contributed by atoms with E-state index in [0.29, 0.717) is 19.5 Å². The van der Waals surface area contributed by atoms with Crippen molar-refractivity contribution < 1.29 is 23.1 Å². The lowest BCUT2D eigenvalue weighted by Crippen LogP contribution is -2.30. The van der Waals surface area contributed by atoms with Crippen LogP contribution in [0.5, 0.6) is 5.88 Å². The van der Waals surface area contributed by atoms with Crippen LogP contribution in [0.2, 0.25) is 5.02 Å². The number of hydrogen-bond acceptors (Lipinski definition) is 7.